The van der Waals surface area contributed by atoms with Gasteiger partial charge in [-0.15, -0.1) is 0 Å². The summed E-state index contributed by atoms with van der Waals surface area (Å²) >= 11 is 6.18. The van der Waals surface area contributed by atoms with Gasteiger partial charge in [0.25, 0.3) is 0 Å². The molecule has 1 fully saturated rings. The van der Waals surface area contributed by atoms with Crippen molar-refractivity contribution in [3.63, 3.8) is 0 Å². The highest BCUT2D eigenvalue weighted by atomic mass is 35.5. The minimum Gasteiger partial charge on any atom is -0.399 e. The molecule has 4 nitrogen and oxygen atoms in total. The number of carbonyl (C=O) groups is 1. The smallest absolute Gasteiger partial charge is 0.242 e. The van der Waals surface area contributed by atoms with E-state index in [0.717, 1.165) is 18.7 Å². The first kappa shape index (κ1) is 12.0. The van der Waals surface area contributed by atoms with Crippen LogP contribution in [-0.4, -0.2) is 25.0 Å². The Kier molecular flexibility index (Phi) is 3.43. The maximum absolute atomic E-state index is 11.8. The van der Waals surface area contributed by atoms with E-state index < -0.39 is 0 Å². The van der Waals surface area contributed by atoms with Crippen LogP contribution in [0.1, 0.15) is 13.3 Å². The van der Waals surface area contributed by atoms with Gasteiger partial charge in [0, 0.05) is 18.8 Å². The van der Waals surface area contributed by atoms with E-state index >= 15 is 0 Å². The van der Waals surface area contributed by atoms with Crippen molar-refractivity contribution in [3.05, 3.63) is 23.2 Å². The number of nitrogens with two attached hydrogens (primary N) is 1. The summed E-state index contributed by atoms with van der Waals surface area (Å²) in [5.74, 6) is 0.0617. The summed E-state index contributed by atoms with van der Waals surface area (Å²) in [5, 5.41) is 3.46. The largest absolute Gasteiger partial charge is 0.399 e. The van der Waals surface area contributed by atoms with Crippen molar-refractivity contribution in [2.24, 2.45) is 0 Å². The van der Waals surface area contributed by atoms with Crippen LogP contribution in [0, 0.1) is 0 Å². The molecule has 1 atom stereocenters. The number of anilines is 2. The summed E-state index contributed by atoms with van der Waals surface area (Å²) in [7, 11) is 0. The van der Waals surface area contributed by atoms with E-state index in [1.807, 2.05) is 17.9 Å². The Morgan fingerprint density at radius 2 is 2.35 bits per heavy atom. The van der Waals surface area contributed by atoms with E-state index in [0.29, 0.717) is 17.3 Å². The lowest BCUT2D eigenvalue weighted by Crippen LogP contribution is -2.55. The zero-order chi connectivity index (χ0) is 12.4. The Balaban J connectivity index is 2.33. The van der Waals surface area contributed by atoms with Gasteiger partial charge in [0.15, 0.2) is 0 Å². The summed E-state index contributed by atoms with van der Waals surface area (Å²) in [5.41, 5.74) is 7.18. The van der Waals surface area contributed by atoms with Crippen LogP contribution < -0.4 is 16.0 Å². The normalized spacial score (nSPS) is 20.2. The fraction of sp³-hybridized carbons (Fsp3) is 0.417. The van der Waals surface area contributed by atoms with Crippen molar-refractivity contribution in [1.29, 1.82) is 0 Å². The molecule has 3 N–H and O–H groups in total. The van der Waals surface area contributed by atoms with Gasteiger partial charge in [0.05, 0.1) is 10.7 Å². The molecule has 1 aromatic rings. The minimum absolute atomic E-state index is 0.0617. The van der Waals surface area contributed by atoms with Crippen molar-refractivity contribution in [2.45, 2.75) is 19.4 Å². The lowest BCUT2D eigenvalue weighted by molar-refractivity contribution is -0.123. The number of halogens is 1. The molecule has 17 heavy (non-hydrogen) atoms. The molecule has 0 saturated carbocycles. The summed E-state index contributed by atoms with van der Waals surface area (Å²) in [6.45, 7) is 3.41. The van der Waals surface area contributed by atoms with E-state index in [1.54, 1.807) is 12.1 Å². The van der Waals surface area contributed by atoms with E-state index in [1.165, 1.54) is 0 Å². The van der Waals surface area contributed by atoms with Crippen LogP contribution in [0.25, 0.3) is 0 Å². The van der Waals surface area contributed by atoms with E-state index in [2.05, 4.69) is 5.32 Å². The number of nitrogens with zero attached hydrogens (tertiary/aromatic N) is 1. The van der Waals surface area contributed by atoms with Crippen LogP contribution >= 0.6 is 11.6 Å². The summed E-state index contributed by atoms with van der Waals surface area (Å²) in [6, 6.07) is 5.25. The number of hydrogen-bond donors (Lipinski definition) is 2. The Hall–Kier alpha value is -1.42. The average molecular weight is 254 g/mol. The summed E-state index contributed by atoms with van der Waals surface area (Å²) < 4.78 is 0. The zero-order valence-corrected chi connectivity index (χ0v) is 10.5. The highest BCUT2D eigenvalue weighted by Crippen LogP contribution is 2.30. The third-order valence-corrected chi connectivity index (χ3v) is 3.30. The van der Waals surface area contributed by atoms with Crippen molar-refractivity contribution < 1.29 is 4.79 Å². The van der Waals surface area contributed by atoms with E-state index in [9.17, 15) is 4.79 Å². The van der Waals surface area contributed by atoms with Gasteiger partial charge in [0.1, 0.15) is 6.04 Å². The number of rotatable bonds is 2. The Bertz CT molecular complexity index is 436. The maximum Gasteiger partial charge on any atom is 0.242 e. The molecule has 0 radical (unpaired) electrons. The second-order valence-corrected chi connectivity index (χ2v) is 4.53. The van der Waals surface area contributed by atoms with Gasteiger partial charge < -0.3 is 16.0 Å². The molecule has 1 aliphatic rings. The first-order valence-corrected chi connectivity index (χ1v) is 6.10. The predicted molar refractivity (Wildman–Crippen MR) is 70.3 cm³/mol. The number of carbonyl (C=O) groups excluding carboxylic acids is 1. The van der Waals surface area contributed by atoms with Gasteiger partial charge >= 0.3 is 0 Å². The molecular formula is C12H16ClN3O. The first-order chi connectivity index (χ1) is 8.13. The quantitative estimate of drug-likeness (QED) is 0.788. The average Bonchev–Trinajstić information content (AvgIpc) is 2.29. The molecule has 0 aliphatic carbocycles. The lowest BCUT2D eigenvalue weighted by atomic mass is 10.1. The van der Waals surface area contributed by atoms with Crippen LogP contribution in [0.3, 0.4) is 0 Å². The molecule has 1 amide bonds. The van der Waals surface area contributed by atoms with Gasteiger partial charge in [-0.25, -0.2) is 0 Å². The third-order valence-electron chi connectivity index (χ3n) is 3.00. The van der Waals surface area contributed by atoms with Crippen molar-refractivity contribution in [1.82, 2.24) is 5.32 Å². The third kappa shape index (κ3) is 2.31. The SMILES string of the molecule is CCC1C(=O)NCCN1c1ccc(N)cc1Cl. The molecule has 1 aromatic carbocycles. The molecule has 92 valence electrons. The number of amides is 1. The van der Waals surface area contributed by atoms with Crippen molar-refractivity contribution in [2.75, 3.05) is 23.7 Å². The summed E-state index contributed by atoms with van der Waals surface area (Å²) in [4.78, 5) is 13.8. The molecule has 1 heterocycles. The number of nitrogen functional groups attached to an aromatic ring is 1. The first-order valence-electron chi connectivity index (χ1n) is 5.73. The zero-order valence-electron chi connectivity index (χ0n) is 9.74. The second-order valence-electron chi connectivity index (χ2n) is 4.12. The topological polar surface area (TPSA) is 58.4 Å². The van der Waals surface area contributed by atoms with Crippen LogP contribution in [0.2, 0.25) is 5.02 Å². The molecule has 1 saturated heterocycles. The maximum atomic E-state index is 11.8. The van der Waals surface area contributed by atoms with Gasteiger partial charge in [-0.2, -0.15) is 0 Å². The van der Waals surface area contributed by atoms with Gasteiger partial charge in [-0.05, 0) is 24.6 Å². The molecule has 0 bridgehead atoms. The highest BCUT2D eigenvalue weighted by Gasteiger charge is 2.29. The molecule has 0 aromatic heterocycles. The van der Waals surface area contributed by atoms with Crippen LogP contribution in [-0.2, 0) is 4.79 Å². The Morgan fingerprint density at radius 3 is 3.00 bits per heavy atom. The molecule has 1 aliphatic heterocycles. The van der Waals surface area contributed by atoms with Gasteiger partial charge in [-0.3, -0.25) is 4.79 Å². The van der Waals surface area contributed by atoms with Crippen LogP contribution in [0.5, 0.6) is 0 Å². The monoisotopic (exact) mass is 253 g/mol. The van der Waals surface area contributed by atoms with Crippen molar-refractivity contribution >= 4 is 28.9 Å². The Morgan fingerprint density at radius 1 is 1.59 bits per heavy atom. The molecule has 5 heteroatoms. The van der Waals surface area contributed by atoms with Crippen LogP contribution in [0.4, 0.5) is 11.4 Å². The fourth-order valence-corrected chi connectivity index (χ4v) is 2.46. The Labute approximate surface area is 106 Å². The van der Waals surface area contributed by atoms with Gasteiger partial charge in [0.2, 0.25) is 5.91 Å². The lowest BCUT2D eigenvalue weighted by Gasteiger charge is -2.36. The van der Waals surface area contributed by atoms with E-state index in [-0.39, 0.29) is 11.9 Å². The van der Waals surface area contributed by atoms with Gasteiger partial charge in [-0.1, -0.05) is 18.5 Å². The second kappa shape index (κ2) is 4.84. The number of nitrogens with one attached hydrogen (secondary N) is 1. The number of piperazine rings is 1. The standard InChI is InChI=1S/C12H16ClN3O/c1-2-10-12(17)15-5-6-16(10)11-4-3-8(14)7-9(11)13/h3-4,7,10H,2,5-6,14H2,1H3,(H,15,17). The van der Waals surface area contributed by atoms with Crippen LogP contribution in [0.15, 0.2) is 18.2 Å². The predicted octanol–water partition coefficient (Wildman–Crippen LogP) is 1.64. The van der Waals surface area contributed by atoms with E-state index in [4.69, 9.17) is 17.3 Å². The number of benzene rings is 1. The highest BCUT2D eigenvalue weighted by molar-refractivity contribution is 6.33. The molecule has 0 spiro atoms. The molecule has 1 unspecified atom stereocenters. The summed E-state index contributed by atoms with van der Waals surface area (Å²) in [6.07, 6.45) is 0.756. The molecule has 2 rings (SSSR count). The fourth-order valence-electron chi connectivity index (χ4n) is 2.16. The number of hydrogen-bond acceptors (Lipinski definition) is 3. The molecular weight excluding hydrogens is 238 g/mol. The van der Waals surface area contributed by atoms with Crippen molar-refractivity contribution in [3.8, 4) is 0 Å². The minimum atomic E-state index is -0.148.